The third kappa shape index (κ3) is 4.29. The molecule has 28 heavy (non-hydrogen) atoms. The van der Waals surface area contributed by atoms with E-state index in [2.05, 4.69) is 10.3 Å². The fourth-order valence-corrected chi connectivity index (χ4v) is 2.67. The summed E-state index contributed by atoms with van der Waals surface area (Å²) in [6.45, 7) is 0.133. The van der Waals surface area contributed by atoms with Crippen molar-refractivity contribution in [2.24, 2.45) is 0 Å². The Hall–Kier alpha value is -3.39. The molecule has 0 saturated heterocycles. The Morgan fingerprint density at radius 2 is 2.00 bits per heavy atom. The number of aromatic nitrogens is 1. The van der Waals surface area contributed by atoms with Crippen molar-refractivity contribution >= 4 is 5.97 Å². The van der Waals surface area contributed by atoms with Gasteiger partial charge in [0.1, 0.15) is 11.9 Å². The number of carbonyl (C=O) groups is 1. The van der Waals surface area contributed by atoms with E-state index in [0.29, 0.717) is 28.5 Å². The number of hydrogen-bond donors (Lipinski definition) is 2. The fourth-order valence-electron chi connectivity index (χ4n) is 2.67. The average Bonchev–Trinajstić information content (AvgIpc) is 3.17. The number of ether oxygens (including phenoxy) is 2. The SMILES string of the molecule is COC(=O)C(NCc1ncc(-c2ccc(F)cc2)o1)c1ccc(OC)c(O)c1. The monoisotopic (exact) mass is 386 g/mol. The first-order valence-electron chi connectivity index (χ1n) is 8.40. The van der Waals surface area contributed by atoms with Crippen LogP contribution in [0.25, 0.3) is 11.3 Å². The van der Waals surface area contributed by atoms with Crippen LogP contribution in [-0.2, 0) is 16.1 Å². The minimum Gasteiger partial charge on any atom is -0.504 e. The molecule has 7 nitrogen and oxygen atoms in total. The Morgan fingerprint density at radius 3 is 2.64 bits per heavy atom. The minimum atomic E-state index is -0.844. The molecule has 1 unspecified atom stereocenters. The molecule has 2 aromatic carbocycles. The van der Waals surface area contributed by atoms with Crippen LogP contribution in [0.4, 0.5) is 4.39 Å². The van der Waals surface area contributed by atoms with Gasteiger partial charge in [-0.15, -0.1) is 0 Å². The first kappa shape index (κ1) is 19.4. The first-order valence-corrected chi connectivity index (χ1v) is 8.40. The maximum Gasteiger partial charge on any atom is 0.327 e. The highest BCUT2D eigenvalue weighted by Gasteiger charge is 2.23. The molecule has 0 spiro atoms. The Balaban J connectivity index is 1.75. The van der Waals surface area contributed by atoms with E-state index in [1.54, 1.807) is 24.3 Å². The molecular weight excluding hydrogens is 367 g/mol. The van der Waals surface area contributed by atoms with Crippen molar-refractivity contribution < 1.29 is 28.2 Å². The Bertz CT molecular complexity index is 955. The normalized spacial score (nSPS) is 11.8. The summed E-state index contributed by atoms with van der Waals surface area (Å²) >= 11 is 0. The van der Waals surface area contributed by atoms with Crippen LogP contribution in [-0.4, -0.2) is 30.3 Å². The van der Waals surface area contributed by atoms with Crippen LogP contribution in [0.5, 0.6) is 11.5 Å². The van der Waals surface area contributed by atoms with E-state index in [9.17, 15) is 14.3 Å². The summed E-state index contributed by atoms with van der Waals surface area (Å²) in [5.74, 6) is 0.151. The number of carbonyl (C=O) groups excluding carboxylic acids is 1. The predicted octanol–water partition coefficient (Wildman–Crippen LogP) is 3.20. The molecule has 2 N–H and O–H groups in total. The number of hydrogen-bond acceptors (Lipinski definition) is 7. The third-order valence-electron chi connectivity index (χ3n) is 4.11. The largest absolute Gasteiger partial charge is 0.504 e. The zero-order valence-electron chi connectivity index (χ0n) is 15.3. The molecule has 1 atom stereocenters. The maximum atomic E-state index is 13.0. The molecule has 8 heteroatoms. The smallest absolute Gasteiger partial charge is 0.327 e. The molecule has 0 aliphatic carbocycles. The lowest BCUT2D eigenvalue weighted by Gasteiger charge is -2.17. The van der Waals surface area contributed by atoms with Gasteiger partial charge in [-0.25, -0.2) is 14.2 Å². The van der Waals surface area contributed by atoms with Crippen molar-refractivity contribution in [2.75, 3.05) is 14.2 Å². The highest BCUT2D eigenvalue weighted by molar-refractivity contribution is 5.77. The van der Waals surface area contributed by atoms with E-state index in [-0.39, 0.29) is 18.1 Å². The number of phenolic OH excluding ortho intramolecular Hbond substituents is 1. The third-order valence-corrected chi connectivity index (χ3v) is 4.11. The molecule has 0 aliphatic heterocycles. The molecule has 0 bridgehead atoms. The van der Waals surface area contributed by atoms with Gasteiger partial charge in [0, 0.05) is 5.56 Å². The first-order chi connectivity index (χ1) is 13.5. The van der Waals surface area contributed by atoms with E-state index >= 15 is 0 Å². The van der Waals surface area contributed by atoms with Gasteiger partial charge in [-0.1, -0.05) is 6.07 Å². The molecule has 1 aromatic heterocycles. The van der Waals surface area contributed by atoms with Crippen LogP contribution >= 0.6 is 0 Å². The summed E-state index contributed by atoms with van der Waals surface area (Å²) in [7, 11) is 2.71. The molecule has 3 rings (SSSR count). The van der Waals surface area contributed by atoms with Gasteiger partial charge >= 0.3 is 5.97 Å². The number of methoxy groups -OCH3 is 2. The molecular formula is C20H19FN2O5. The van der Waals surface area contributed by atoms with Gasteiger partial charge in [-0.05, 0) is 42.0 Å². The van der Waals surface area contributed by atoms with Crippen molar-refractivity contribution in [3.63, 3.8) is 0 Å². The highest BCUT2D eigenvalue weighted by Crippen LogP contribution is 2.29. The lowest BCUT2D eigenvalue weighted by molar-refractivity contribution is -0.143. The van der Waals surface area contributed by atoms with E-state index < -0.39 is 12.0 Å². The lowest BCUT2D eigenvalue weighted by Crippen LogP contribution is -2.29. The number of oxazole rings is 1. The Labute approximate surface area is 160 Å². The van der Waals surface area contributed by atoms with Crippen molar-refractivity contribution in [3.05, 3.63) is 65.9 Å². The predicted molar refractivity (Wildman–Crippen MR) is 98.2 cm³/mol. The van der Waals surface area contributed by atoms with Crippen LogP contribution in [0.2, 0.25) is 0 Å². The quantitative estimate of drug-likeness (QED) is 0.602. The van der Waals surface area contributed by atoms with E-state index in [4.69, 9.17) is 13.9 Å². The number of phenols is 1. The second kappa shape index (κ2) is 8.53. The fraction of sp³-hybridized carbons (Fsp3) is 0.200. The number of nitrogens with zero attached hydrogens (tertiary/aromatic N) is 1. The van der Waals surface area contributed by atoms with Crippen LogP contribution in [0, 0.1) is 5.82 Å². The number of aromatic hydroxyl groups is 1. The van der Waals surface area contributed by atoms with Gasteiger partial charge in [-0.3, -0.25) is 5.32 Å². The zero-order valence-corrected chi connectivity index (χ0v) is 15.3. The van der Waals surface area contributed by atoms with Gasteiger partial charge < -0.3 is 19.0 Å². The molecule has 3 aromatic rings. The van der Waals surface area contributed by atoms with Crippen LogP contribution < -0.4 is 10.1 Å². The highest BCUT2D eigenvalue weighted by atomic mass is 19.1. The van der Waals surface area contributed by atoms with Crippen molar-refractivity contribution in [1.29, 1.82) is 0 Å². The number of rotatable bonds is 7. The van der Waals surface area contributed by atoms with Gasteiger partial charge in [0.15, 0.2) is 17.3 Å². The van der Waals surface area contributed by atoms with Crippen LogP contribution in [0.1, 0.15) is 17.5 Å². The molecule has 0 saturated carbocycles. The lowest BCUT2D eigenvalue weighted by atomic mass is 10.1. The molecule has 0 radical (unpaired) electrons. The minimum absolute atomic E-state index is 0.0922. The van der Waals surface area contributed by atoms with E-state index in [1.807, 2.05) is 0 Å². The van der Waals surface area contributed by atoms with E-state index in [1.165, 1.54) is 38.6 Å². The summed E-state index contributed by atoms with van der Waals surface area (Å²) in [4.78, 5) is 16.3. The van der Waals surface area contributed by atoms with E-state index in [0.717, 1.165) is 0 Å². The zero-order chi connectivity index (χ0) is 20.1. The summed E-state index contributed by atoms with van der Waals surface area (Å²) in [6.07, 6.45) is 1.52. The molecule has 0 aliphatic rings. The van der Waals surface area contributed by atoms with Gasteiger partial charge in [-0.2, -0.15) is 0 Å². The Kier molecular flexibility index (Phi) is 5.90. The summed E-state index contributed by atoms with van der Waals surface area (Å²) in [5, 5.41) is 13.0. The van der Waals surface area contributed by atoms with Crippen molar-refractivity contribution in [2.45, 2.75) is 12.6 Å². The topological polar surface area (TPSA) is 93.8 Å². The number of benzene rings is 2. The Morgan fingerprint density at radius 1 is 1.25 bits per heavy atom. The molecule has 0 amide bonds. The number of nitrogens with one attached hydrogen (secondary N) is 1. The molecule has 146 valence electrons. The number of esters is 1. The molecule has 1 heterocycles. The van der Waals surface area contributed by atoms with Gasteiger partial charge in [0.05, 0.1) is 27.0 Å². The summed E-state index contributed by atoms with van der Waals surface area (Å²) in [5.41, 5.74) is 1.18. The van der Waals surface area contributed by atoms with Crippen LogP contribution in [0.15, 0.2) is 53.1 Å². The summed E-state index contributed by atoms with van der Waals surface area (Å²) in [6, 6.07) is 9.62. The van der Waals surface area contributed by atoms with Gasteiger partial charge in [0.25, 0.3) is 0 Å². The van der Waals surface area contributed by atoms with Crippen molar-refractivity contribution in [3.8, 4) is 22.8 Å². The standard InChI is InChI=1S/C20H19FN2O5/c1-26-16-8-5-13(9-15(16)24)19(20(25)27-2)23-11-18-22-10-17(28-18)12-3-6-14(21)7-4-12/h3-10,19,23-24H,11H2,1-2H3. The van der Waals surface area contributed by atoms with Gasteiger partial charge in [0.2, 0.25) is 5.89 Å². The number of halogens is 1. The molecule has 0 fully saturated rings. The van der Waals surface area contributed by atoms with Crippen molar-refractivity contribution in [1.82, 2.24) is 10.3 Å². The van der Waals surface area contributed by atoms with Crippen LogP contribution in [0.3, 0.4) is 0 Å². The summed E-state index contributed by atoms with van der Waals surface area (Å²) < 4.78 is 28.5. The second-order valence-corrected chi connectivity index (χ2v) is 5.89. The average molecular weight is 386 g/mol. The second-order valence-electron chi connectivity index (χ2n) is 5.89. The maximum absolute atomic E-state index is 13.0.